The van der Waals surface area contributed by atoms with Crippen molar-refractivity contribution < 1.29 is 14.3 Å². The van der Waals surface area contributed by atoms with Crippen LogP contribution in [0.25, 0.3) is 0 Å². The van der Waals surface area contributed by atoms with Gasteiger partial charge >= 0.3 is 12.1 Å². The quantitative estimate of drug-likeness (QED) is 0.447. The summed E-state index contributed by atoms with van der Waals surface area (Å²) in [5.74, 6) is 0.695. The number of nitrogens with zero attached hydrogens (tertiary/aromatic N) is 1. The fraction of sp³-hybridized carbons (Fsp3) is 0.692. The Balaban J connectivity index is 1.66. The topological polar surface area (TPSA) is 82.7 Å². The molecule has 1 heterocycles. The van der Waals surface area contributed by atoms with Crippen molar-refractivity contribution in [2.24, 2.45) is 11.8 Å². The Labute approximate surface area is 209 Å². The van der Waals surface area contributed by atoms with Crippen molar-refractivity contribution in [2.75, 3.05) is 33.2 Å². The zero-order valence-corrected chi connectivity index (χ0v) is 21.4. The zero-order valence-electron chi connectivity index (χ0n) is 20.7. The van der Waals surface area contributed by atoms with E-state index in [0.717, 1.165) is 31.4 Å². The van der Waals surface area contributed by atoms with Gasteiger partial charge in [0.2, 0.25) is 0 Å². The summed E-state index contributed by atoms with van der Waals surface area (Å²) >= 11 is 6.24. The number of ether oxygens (including phenoxy) is 1. The molecule has 8 heteroatoms. The summed E-state index contributed by atoms with van der Waals surface area (Å²) in [6, 6.07) is 7.55. The number of likely N-dealkylation sites (N-methyl/N-ethyl adjacent to an activating group) is 1. The van der Waals surface area contributed by atoms with E-state index in [-0.39, 0.29) is 18.0 Å². The van der Waals surface area contributed by atoms with Gasteiger partial charge in [0.05, 0.1) is 0 Å². The average Bonchev–Trinajstić information content (AvgIpc) is 2.83. The first-order chi connectivity index (χ1) is 16.5. The van der Waals surface area contributed by atoms with Crippen LogP contribution in [0.3, 0.4) is 0 Å². The Kier molecular flexibility index (Phi) is 10.8. The first-order valence-electron chi connectivity index (χ1n) is 12.9. The van der Waals surface area contributed by atoms with Gasteiger partial charge in [-0.2, -0.15) is 0 Å². The Bertz CT molecular complexity index is 787. The highest BCUT2D eigenvalue weighted by Crippen LogP contribution is 2.34. The molecule has 1 saturated heterocycles. The van der Waals surface area contributed by atoms with Gasteiger partial charge in [-0.3, -0.25) is 0 Å². The van der Waals surface area contributed by atoms with E-state index in [1.54, 1.807) is 0 Å². The van der Waals surface area contributed by atoms with Gasteiger partial charge in [0, 0.05) is 43.2 Å². The lowest BCUT2D eigenvalue weighted by Crippen LogP contribution is -2.52. The summed E-state index contributed by atoms with van der Waals surface area (Å²) in [5, 5.41) is 9.85. The molecule has 0 spiro atoms. The number of piperidine rings is 1. The summed E-state index contributed by atoms with van der Waals surface area (Å²) in [6.45, 7) is 4.37. The van der Waals surface area contributed by atoms with Crippen LogP contribution in [0, 0.1) is 11.8 Å². The second-order valence-electron chi connectivity index (χ2n) is 9.70. The van der Waals surface area contributed by atoms with Crippen LogP contribution < -0.4 is 16.0 Å². The molecule has 0 radical (unpaired) electrons. The van der Waals surface area contributed by atoms with Crippen LogP contribution in [0.5, 0.6) is 0 Å². The van der Waals surface area contributed by atoms with E-state index in [9.17, 15) is 9.59 Å². The molecule has 2 aliphatic rings. The zero-order chi connectivity index (χ0) is 24.3. The number of alkyl carbamates (subject to hydrolysis) is 1. The summed E-state index contributed by atoms with van der Waals surface area (Å²) in [5.41, 5.74) is 0.858. The molecule has 1 aliphatic heterocycles. The number of halogens is 1. The highest BCUT2D eigenvalue weighted by Gasteiger charge is 2.34. The number of rotatable bonds is 9. The second-order valence-corrected chi connectivity index (χ2v) is 10.1. The SMILES string of the molecule is CCNC(=O)O[C@@H](c1cccc(Cl)c1)[C@@H]1CCCN(C(=O)N[C@H](CNC)CC2CCCCC2)C1. The average molecular weight is 493 g/mol. The number of amides is 3. The third-order valence-electron chi connectivity index (χ3n) is 7.03. The van der Waals surface area contributed by atoms with Crippen LogP contribution in [0.4, 0.5) is 9.59 Å². The number of urea groups is 1. The largest absolute Gasteiger partial charge is 0.441 e. The molecule has 1 aromatic carbocycles. The predicted molar refractivity (Wildman–Crippen MR) is 136 cm³/mol. The van der Waals surface area contributed by atoms with E-state index in [4.69, 9.17) is 16.3 Å². The summed E-state index contributed by atoms with van der Waals surface area (Å²) in [7, 11) is 1.94. The van der Waals surface area contributed by atoms with Crippen molar-refractivity contribution in [1.29, 1.82) is 0 Å². The molecule has 1 saturated carbocycles. The summed E-state index contributed by atoms with van der Waals surface area (Å²) < 4.78 is 5.84. The molecule has 2 fully saturated rings. The van der Waals surface area contributed by atoms with Gasteiger partial charge in [-0.25, -0.2) is 9.59 Å². The monoisotopic (exact) mass is 492 g/mol. The molecule has 7 nitrogen and oxygen atoms in total. The van der Waals surface area contributed by atoms with E-state index in [1.165, 1.54) is 32.1 Å². The Morgan fingerprint density at radius 1 is 1.18 bits per heavy atom. The van der Waals surface area contributed by atoms with E-state index < -0.39 is 12.2 Å². The lowest BCUT2D eigenvalue weighted by Gasteiger charge is -2.37. The standard InChI is InChI=1S/C26H41ClN4O3/c1-3-29-26(33)34-24(20-11-7-13-22(27)16-20)21-12-8-14-31(18-21)25(32)30-23(17-28-2)15-19-9-5-4-6-10-19/h7,11,13,16,19,21,23-24,28H,3-6,8-10,12,14-15,17-18H2,1-2H3,(H,29,33)(H,30,32)/t21-,23+,24+/m1/s1. The minimum Gasteiger partial charge on any atom is -0.441 e. The first kappa shape index (κ1) is 26.6. The van der Waals surface area contributed by atoms with Crippen molar-refractivity contribution in [3.05, 3.63) is 34.9 Å². The Morgan fingerprint density at radius 2 is 1.97 bits per heavy atom. The third kappa shape index (κ3) is 8.05. The van der Waals surface area contributed by atoms with Crippen LogP contribution in [0.2, 0.25) is 5.02 Å². The molecule has 190 valence electrons. The van der Waals surface area contributed by atoms with E-state index in [2.05, 4.69) is 16.0 Å². The highest BCUT2D eigenvalue weighted by atomic mass is 35.5. The molecule has 0 aromatic heterocycles. The van der Waals surface area contributed by atoms with Gasteiger partial charge < -0.3 is 25.6 Å². The molecule has 0 bridgehead atoms. The molecular weight excluding hydrogens is 452 g/mol. The molecular formula is C26H41ClN4O3. The fourth-order valence-corrected chi connectivity index (χ4v) is 5.59. The van der Waals surface area contributed by atoms with Crippen molar-refractivity contribution in [3.8, 4) is 0 Å². The van der Waals surface area contributed by atoms with Gasteiger partial charge in [-0.1, -0.05) is 55.8 Å². The van der Waals surface area contributed by atoms with Crippen LogP contribution in [-0.2, 0) is 4.74 Å². The fourth-order valence-electron chi connectivity index (χ4n) is 5.39. The maximum atomic E-state index is 13.3. The van der Waals surface area contributed by atoms with Crippen LogP contribution in [0.1, 0.15) is 70.0 Å². The number of likely N-dealkylation sites (tertiary alicyclic amines) is 1. The number of nitrogens with one attached hydrogen (secondary N) is 3. The van der Waals surface area contributed by atoms with Crippen LogP contribution in [0.15, 0.2) is 24.3 Å². The predicted octanol–water partition coefficient (Wildman–Crippen LogP) is 5.11. The first-order valence-corrected chi connectivity index (χ1v) is 13.3. The number of hydrogen-bond acceptors (Lipinski definition) is 4. The van der Waals surface area contributed by atoms with E-state index in [0.29, 0.717) is 30.6 Å². The van der Waals surface area contributed by atoms with Gasteiger partial charge in [0.15, 0.2) is 0 Å². The summed E-state index contributed by atoms with van der Waals surface area (Å²) in [6.07, 6.45) is 8.32. The third-order valence-corrected chi connectivity index (χ3v) is 7.26. The molecule has 1 aromatic rings. The van der Waals surface area contributed by atoms with Crippen molar-refractivity contribution in [1.82, 2.24) is 20.9 Å². The molecule has 0 unspecified atom stereocenters. The van der Waals surface area contributed by atoms with Gasteiger partial charge in [-0.05, 0) is 56.8 Å². The maximum Gasteiger partial charge on any atom is 0.407 e. The number of benzene rings is 1. The normalized spacial score (nSPS) is 20.9. The number of hydrogen-bond donors (Lipinski definition) is 3. The van der Waals surface area contributed by atoms with Crippen LogP contribution in [-0.4, -0.2) is 56.3 Å². The lowest BCUT2D eigenvalue weighted by atomic mass is 9.85. The second kappa shape index (κ2) is 13.8. The van der Waals surface area contributed by atoms with Crippen molar-refractivity contribution in [3.63, 3.8) is 0 Å². The van der Waals surface area contributed by atoms with Crippen LogP contribution >= 0.6 is 11.6 Å². The number of carbonyl (C=O) groups excluding carboxylic acids is 2. The van der Waals surface area contributed by atoms with Gasteiger partial charge in [-0.15, -0.1) is 0 Å². The van der Waals surface area contributed by atoms with Crippen molar-refractivity contribution in [2.45, 2.75) is 70.4 Å². The smallest absolute Gasteiger partial charge is 0.407 e. The van der Waals surface area contributed by atoms with Gasteiger partial charge in [0.25, 0.3) is 0 Å². The molecule has 3 rings (SSSR count). The molecule has 3 atom stereocenters. The van der Waals surface area contributed by atoms with Crippen molar-refractivity contribution >= 4 is 23.7 Å². The van der Waals surface area contributed by atoms with E-state index >= 15 is 0 Å². The Hall–Kier alpha value is -1.99. The van der Waals surface area contributed by atoms with Gasteiger partial charge in [0.1, 0.15) is 6.10 Å². The maximum absolute atomic E-state index is 13.3. The Morgan fingerprint density at radius 3 is 2.68 bits per heavy atom. The molecule has 1 aliphatic carbocycles. The summed E-state index contributed by atoms with van der Waals surface area (Å²) in [4.78, 5) is 27.4. The van der Waals surface area contributed by atoms with E-state index in [1.807, 2.05) is 43.1 Å². The highest BCUT2D eigenvalue weighted by molar-refractivity contribution is 6.30. The number of carbonyl (C=O) groups is 2. The minimum absolute atomic E-state index is 0.00154. The molecule has 3 N–H and O–H groups in total. The minimum atomic E-state index is -0.462. The molecule has 3 amide bonds. The lowest BCUT2D eigenvalue weighted by molar-refractivity contribution is 0.0344. The molecule has 34 heavy (non-hydrogen) atoms.